The predicted molar refractivity (Wildman–Crippen MR) is 51.1 cm³/mol. The lowest BCUT2D eigenvalue weighted by molar-refractivity contribution is 1.37. The van der Waals surface area contributed by atoms with Gasteiger partial charge in [-0.3, -0.25) is 0 Å². The summed E-state index contributed by atoms with van der Waals surface area (Å²) in [5, 5.41) is 0. The molecule has 0 radical (unpaired) electrons. The van der Waals surface area contributed by atoms with E-state index in [4.69, 9.17) is 0 Å². The van der Waals surface area contributed by atoms with Gasteiger partial charge < -0.3 is 0 Å². The SMILES string of the molecule is Cc1cccc(SI)c1. The zero-order valence-corrected chi connectivity index (χ0v) is 8.07. The van der Waals surface area contributed by atoms with Crippen LogP contribution in [-0.2, 0) is 0 Å². The minimum absolute atomic E-state index is 1.33. The van der Waals surface area contributed by atoms with Crippen molar-refractivity contribution in [3.8, 4) is 0 Å². The second-order valence-corrected chi connectivity index (χ2v) is 3.84. The molecule has 0 bridgehead atoms. The molecule has 48 valence electrons. The van der Waals surface area contributed by atoms with Gasteiger partial charge in [-0.05, 0) is 24.6 Å². The van der Waals surface area contributed by atoms with Gasteiger partial charge in [-0.25, -0.2) is 0 Å². The summed E-state index contributed by atoms with van der Waals surface area (Å²) in [6, 6.07) is 8.48. The molecule has 0 amide bonds. The number of rotatable bonds is 1. The molecular formula is C7H7IS. The van der Waals surface area contributed by atoms with E-state index in [1.807, 2.05) is 0 Å². The van der Waals surface area contributed by atoms with Crippen LogP contribution >= 0.6 is 30.1 Å². The van der Waals surface area contributed by atoms with Crippen LogP contribution < -0.4 is 0 Å². The highest BCUT2D eigenvalue weighted by Crippen LogP contribution is 2.24. The van der Waals surface area contributed by atoms with Gasteiger partial charge in [0.1, 0.15) is 0 Å². The average molecular weight is 250 g/mol. The van der Waals surface area contributed by atoms with Gasteiger partial charge in [0.15, 0.2) is 0 Å². The third-order valence-electron chi connectivity index (χ3n) is 1.08. The van der Waals surface area contributed by atoms with Crippen LogP contribution in [0, 0.1) is 6.92 Å². The van der Waals surface area contributed by atoms with Crippen LogP contribution in [0.2, 0.25) is 0 Å². The molecule has 1 aromatic carbocycles. The summed E-state index contributed by atoms with van der Waals surface area (Å²) >= 11 is 2.29. The van der Waals surface area contributed by atoms with E-state index in [1.54, 1.807) is 8.93 Å². The highest BCUT2D eigenvalue weighted by Gasteiger charge is 1.87. The van der Waals surface area contributed by atoms with E-state index in [9.17, 15) is 0 Å². The van der Waals surface area contributed by atoms with E-state index in [0.717, 1.165) is 0 Å². The lowest BCUT2D eigenvalue weighted by Gasteiger charge is -1.93. The summed E-state index contributed by atoms with van der Waals surface area (Å²) in [4.78, 5) is 1.33. The lowest BCUT2D eigenvalue weighted by Crippen LogP contribution is -1.69. The Morgan fingerprint density at radius 2 is 2.22 bits per heavy atom. The molecule has 2 heteroatoms. The quantitative estimate of drug-likeness (QED) is 0.688. The first-order valence-electron chi connectivity index (χ1n) is 2.68. The summed E-state index contributed by atoms with van der Waals surface area (Å²) in [7, 11) is 1.75. The van der Waals surface area contributed by atoms with Crippen molar-refractivity contribution in [3.63, 3.8) is 0 Å². The summed E-state index contributed by atoms with van der Waals surface area (Å²) in [6.07, 6.45) is 0. The Labute approximate surface area is 71.6 Å². The molecule has 0 aliphatic rings. The van der Waals surface area contributed by atoms with Crippen molar-refractivity contribution >= 4 is 30.1 Å². The molecule has 0 fully saturated rings. The Morgan fingerprint density at radius 1 is 1.44 bits per heavy atom. The molecule has 0 heterocycles. The molecule has 1 aromatic rings. The number of hydrogen-bond donors (Lipinski definition) is 0. The van der Waals surface area contributed by atoms with E-state index >= 15 is 0 Å². The highest BCUT2D eigenvalue weighted by atomic mass is 127. The number of benzene rings is 1. The monoisotopic (exact) mass is 250 g/mol. The fraction of sp³-hybridized carbons (Fsp3) is 0.143. The Hall–Kier alpha value is 0.300. The van der Waals surface area contributed by atoms with Crippen LogP contribution in [-0.4, -0.2) is 0 Å². The second-order valence-electron chi connectivity index (χ2n) is 1.89. The van der Waals surface area contributed by atoms with Crippen LogP contribution in [0.5, 0.6) is 0 Å². The van der Waals surface area contributed by atoms with Crippen LogP contribution in [0.25, 0.3) is 0 Å². The average Bonchev–Trinajstić information content (AvgIpc) is 1.88. The van der Waals surface area contributed by atoms with Crippen molar-refractivity contribution in [2.24, 2.45) is 0 Å². The number of aryl methyl sites for hydroxylation is 1. The standard InChI is InChI=1S/C7H7IS/c1-6-3-2-4-7(5-6)9-8/h2-5H,1H3. The maximum atomic E-state index is 2.29. The van der Waals surface area contributed by atoms with Gasteiger partial charge in [-0.1, -0.05) is 21.1 Å². The van der Waals surface area contributed by atoms with Crippen LogP contribution in [0.4, 0.5) is 0 Å². The van der Waals surface area contributed by atoms with E-state index < -0.39 is 0 Å². The lowest BCUT2D eigenvalue weighted by atomic mass is 10.2. The van der Waals surface area contributed by atoms with Crippen molar-refractivity contribution in [1.29, 1.82) is 0 Å². The minimum Gasteiger partial charge on any atom is -0.0609 e. The van der Waals surface area contributed by atoms with Crippen molar-refractivity contribution in [2.75, 3.05) is 0 Å². The summed E-state index contributed by atoms with van der Waals surface area (Å²) < 4.78 is 0. The molecular weight excluding hydrogens is 243 g/mol. The fourth-order valence-corrected chi connectivity index (χ4v) is 1.85. The Bertz CT molecular complexity index is 198. The van der Waals surface area contributed by atoms with Gasteiger partial charge in [-0.2, -0.15) is 0 Å². The number of hydrogen-bond acceptors (Lipinski definition) is 1. The Balaban J connectivity index is 2.94. The van der Waals surface area contributed by atoms with Gasteiger partial charge in [-0.15, -0.1) is 0 Å². The first-order valence-corrected chi connectivity index (χ1v) is 6.04. The predicted octanol–water partition coefficient (Wildman–Crippen LogP) is 3.44. The molecule has 0 saturated carbocycles. The molecule has 0 spiro atoms. The Kier molecular flexibility index (Phi) is 2.85. The van der Waals surface area contributed by atoms with Crippen LogP contribution in [0.15, 0.2) is 29.2 Å². The molecule has 0 N–H and O–H groups in total. The third-order valence-corrected chi connectivity index (χ3v) is 3.04. The van der Waals surface area contributed by atoms with E-state index in [-0.39, 0.29) is 0 Å². The second kappa shape index (κ2) is 3.46. The van der Waals surface area contributed by atoms with Gasteiger partial charge >= 0.3 is 0 Å². The first-order chi connectivity index (χ1) is 4.33. The summed E-state index contributed by atoms with van der Waals surface area (Å²) in [5.74, 6) is 0. The van der Waals surface area contributed by atoms with Crippen LogP contribution in [0.3, 0.4) is 0 Å². The molecule has 0 aliphatic heterocycles. The van der Waals surface area contributed by atoms with Crippen LogP contribution in [0.1, 0.15) is 5.56 Å². The van der Waals surface area contributed by atoms with E-state index in [1.165, 1.54) is 10.5 Å². The zero-order valence-electron chi connectivity index (χ0n) is 5.10. The fourth-order valence-electron chi connectivity index (χ4n) is 0.663. The normalized spacial score (nSPS) is 9.56. The first kappa shape index (κ1) is 7.41. The van der Waals surface area contributed by atoms with Gasteiger partial charge in [0, 0.05) is 26.1 Å². The van der Waals surface area contributed by atoms with E-state index in [0.29, 0.717) is 0 Å². The number of halogens is 1. The topological polar surface area (TPSA) is 0 Å². The van der Waals surface area contributed by atoms with E-state index in [2.05, 4.69) is 52.4 Å². The Morgan fingerprint density at radius 3 is 2.67 bits per heavy atom. The van der Waals surface area contributed by atoms with Crippen molar-refractivity contribution < 1.29 is 0 Å². The van der Waals surface area contributed by atoms with Gasteiger partial charge in [0.2, 0.25) is 0 Å². The van der Waals surface area contributed by atoms with Crippen molar-refractivity contribution in [1.82, 2.24) is 0 Å². The van der Waals surface area contributed by atoms with Gasteiger partial charge in [0.25, 0.3) is 0 Å². The molecule has 0 aliphatic carbocycles. The zero-order chi connectivity index (χ0) is 6.69. The molecule has 1 rings (SSSR count). The molecule has 9 heavy (non-hydrogen) atoms. The molecule has 0 saturated heterocycles. The van der Waals surface area contributed by atoms with Crippen molar-refractivity contribution in [3.05, 3.63) is 29.8 Å². The summed E-state index contributed by atoms with van der Waals surface area (Å²) in [6.45, 7) is 2.11. The molecule has 0 aromatic heterocycles. The molecule has 0 atom stereocenters. The van der Waals surface area contributed by atoms with Gasteiger partial charge in [0.05, 0.1) is 0 Å². The smallest absolute Gasteiger partial charge is 0.0181 e. The minimum atomic E-state index is 1.33. The highest BCUT2D eigenvalue weighted by molar-refractivity contribution is 14.2. The van der Waals surface area contributed by atoms with Crippen molar-refractivity contribution in [2.45, 2.75) is 11.8 Å². The largest absolute Gasteiger partial charge is 0.0609 e. The molecule has 0 nitrogen and oxygen atoms in total. The summed E-state index contributed by atoms with van der Waals surface area (Å²) in [5.41, 5.74) is 1.33. The third kappa shape index (κ3) is 2.18. The molecule has 0 unspecified atom stereocenters. The maximum absolute atomic E-state index is 2.29. The maximum Gasteiger partial charge on any atom is 0.0181 e.